The molecule has 1 N–H and O–H groups in total. The van der Waals surface area contributed by atoms with Crippen molar-refractivity contribution in [2.24, 2.45) is 7.05 Å². The number of rotatable bonds is 3. The van der Waals surface area contributed by atoms with Crippen LogP contribution in [0.5, 0.6) is 0 Å². The summed E-state index contributed by atoms with van der Waals surface area (Å²) in [4.78, 5) is 17.2. The first kappa shape index (κ1) is 16.2. The van der Waals surface area contributed by atoms with Crippen molar-refractivity contribution in [1.29, 1.82) is 0 Å². The van der Waals surface area contributed by atoms with Crippen molar-refractivity contribution in [3.8, 4) is 11.1 Å². The molecule has 8 heteroatoms. The van der Waals surface area contributed by atoms with Gasteiger partial charge in [0, 0.05) is 24.2 Å². The summed E-state index contributed by atoms with van der Waals surface area (Å²) >= 11 is 6.64. The third kappa shape index (κ3) is 2.78. The predicted octanol–water partition coefficient (Wildman–Crippen LogP) is 3.33. The van der Waals surface area contributed by atoms with Gasteiger partial charge in [-0.25, -0.2) is 4.68 Å². The van der Waals surface area contributed by atoms with E-state index in [1.165, 1.54) is 4.68 Å². The van der Waals surface area contributed by atoms with Crippen molar-refractivity contribution in [3.63, 3.8) is 0 Å². The highest BCUT2D eigenvalue weighted by molar-refractivity contribution is 6.38. The molecule has 0 aliphatic carbocycles. The van der Waals surface area contributed by atoms with Gasteiger partial charge >= 0.3 is 0 Å². The van der Waals surface area contributed by atoms with Crippen molar-refractivity contribution in [2.75, 3.05) is 5.32 Å². The first-order chi connectivity index (χ1) is 12.6. The molecule has 4 aromatic rings. The standard InChI is InChI=1S/C18H13ClN6O/c1-25-18(22-23-24-25)21-17(26)13-10-12-8-5-9-20-16(12)14(15(13)19)11-6-3-2-4-7-11/h2-10H,1H3,(H,21,22,24,26). The number of carbonyl (C=O) groups excluding carboxylic acids is 1. The summed E-state index contributed by atoms with van der Waals surface area (Å²) in [5.74, 6) is -0.158. The average Bonchev–Trinajstić information content (AvgIpc) is 3.06. The van der Waals surface area contributed by atoms with Gasteiger partial charge in [-0.3, -0.25) is 15.1 Å². The third-order valence-electron chi connectivity index (χ3n) is 3.98. The van der Waals surface area contributed by atoms with Crippen molar-refractivity contribution >= 4 is 34.4 Å². The minimum Gasteiger partial charge on any atom is -0.289 e. The van der Waals surface area contributed by atoms with Gasteiger partial charge in [0.15, 0.2) is 0 Å². The number of aromatic nitrogens is 5. The molecule has 0 unspecified atom stereocenters. The molecule has 0 aliphatic heterocycles. The Labute approximate surface area is 153 Å². The Morgan fingerprint density at radius 1 is 1.15 bits per heavy atom. The first-order valence-electron chi connectivity index (χ1n) is 7.81. The molecule has 0 saturated carbocycles. The van der Waals surface area contributed by atoms with Gasteiger partial charge in [-0.15, -0.1) is 0 Å². The second-order valence-electron chi connectivity index (χ2n) is 5.63. The lowest BCUT2D eigenvalue weighted by Gasteiger charge is -2.13. The molecule has 0 radical (unpaired) electrons. The number of halogens is 1. The average molecular weight is 365 g/mol. The molecule has 128 valence electrons. The quantitative estimate of drug-likeness (QED) is 0.602. The molecule has 0 saturated heterocycles. The van der Waals surface area contributed by atoms with Crippen molar-refractivity contribution in [2.45, 2.75) is 0 Å². The smallest absolute Gasteiger partial charge is 0.259 e. The van der Waals surface area contributed by atoms with Crippen LogP contribution in [0.3, 0.4) is 0 Å². The summed E-state index contributed by atoms with van der Waals surface area (Å²) in [5.41, 5.74) is 2.66. The van der Waals surface area contributed by atoms with Gasteiger partial charge < -0.3 is 0 Å². The highest BCUT2D eigenvalue weighted by Crippen LogP contribution is 2.37. The van der Waals surface area contributed by atoms with Gasteiger partial charge in [-0.05, 0) is 28.1 Å². The molecule has 2 aromatic heterocycles. The first-order valence-corrected chi connectivity index (χ1v) is 8.19. The molecule has 2 heterocycles. The molecule has 0 spiro atoms. The fourth-order valence-corrected chi connectivity index (χ4v) is 3.08. The van der Waals surface area contributed by atoms with Crippen LogP contribution < -0.4 is 5.32 Å². The summed E-state index contributed by atoms with van der Waals surface area (Å²) < 4.78 is 1.37. The lowest BCUT2D eigenvalue weighted by Crippen LogP contribution is -2.16. The fourth-order valence-electron chi connectivity index (χ4n) is 2.74. The number of fused-ring (bicyclic) bond motifs is 1. The van der Waals surface area contributed by atoms with E-state index in [0.717, 1.165) is 16.5 Å². The number of nitrogens with one attached hydrogen (secondary N) is 1. The van der Waals surface area contributed by atoms with E-state index in [-0.39, 0.29) is 5.95 Å². The topological polar surface area (TPSA) is 85.6 Å². The van der Waals surface area contributed by atoms with Crippen molar-refractivity contribution in [1.82, 2.24) is 25.2 Å². The number of benzene rings is 2. The zero-order chi connectivity index (χ0) is 18.1. The summed E-state index contributed by atoms with van der Waals surface area (Å²) in [6.45, 7) is 0. The number of carbonyl (C=O) groups is 1. The van der Waals surface area contributed by atoms with Crippen LogP contribution in [-0.4, -0.2) is 31.1 Å². The van der Waals surface area contributed by atoms with E-state index >= 15 is 0 Å². The molecular formula is C18H13ClN6O. The number of hydrogen-bond acceptors (Lipinski definition) is 5. The molecule has 0 fully saturated rings. The minimum atomic E-state index is -0.393. The summed E-state index contributed by atoms with van der Waals surface area (Å²) in [6.07, 6.45) is 1.70. The summed E-state index contributed by atoms with van der Waals surface area (Å²) in [7, 11) is 1.64. The number of amides is 1. The van der Waals surface area contributed by atoms with Crippen LogP contribution in [-0.2, 0) is 7.05 Å². The zero-order valence-corrected chi connectivity index (χ0v) is 14.5. The second-order valence-corrected chi connectivity index (χ2v) is 6.01. The van der Waals surface area contributed by atoms with Gasteiger partial charge in [-0.2, -0.15) is 0 Å². The Bertz CT molecular complexity index is 1110. The Morgan fingerprint density at radius 2 is 1.96 bits per heavy atom. The molecule has 0 aliphatic rings. The normalized spacial score (nSPS) is 10.8. The Hall–Kier alpha value is -3.32. The van der Waals surface area contributed by atoms with Crippen molar-refractivity contribution in [3.05, 3.63) is 65.3 Å². The molecule has 0 bridgehead atoms. The number of pyridine rings is 1. The van der Waals surface area contributed by atoms with E-state index in [4.69, 9.17) is 11.6 Å². The molecule has 4 rings (SSSR count). The number of hydrogen-bond donors (Lipinski definition) is 1. The van der Waals surface area contributed by atoms with Gasteiger partial charge in [0.25, 0.3) is 5.91 Å². The summed E-state index contributed by atoms with van der Waals surface area (Å²) in [5, 5.41) is 14.8. The van der Waals surface area contributed by atoms with Gasteiger partial charge in [0.05, 0.1) is 16.1 Å². The number of tetrazole rings is 1. The molecule has 26 heavy (non-hydrogen) atoms. The van der Waals surface area contributed by atoms with Crippen LogP contribution >= 0.6 is 11.6 Å². The van der Waals surface area contributed by atoms with E-state index in [2.05, 4.69) is 25.8 Å². The Morgan fingerprint density at radius 3 is 2.69 bits per heavy atom. The lowest BCUT2D eigenvalue weighted by atomic mass is 9.98. The van der Waals surface area contributed by atoms with Crippen LogP contribution in [0.25, 0.3) is 22.0 Å². The van der Waals surface area contributed by atoms with E-state index in [9.17, 15) is 4.79 Å². The molecule has 7 nitrogen and oxygen atoms in total. The van der Waals surface area contributed by atoms with Crippen LogP contribution in [0, 0.1) is 0 Å². The largest absolute Gasteiger partial charge is 0.289 e. The zero-order valence-electron chi connectivity index (χ0n) is 13.7. The lowest BCUT2D eigenvalue weighted by molar-refractivity contribution is 0.102. The molecule has 0 atom stereocenters. The van der Waals surface area contributed by atoms with E-state index in [1.54, 1.807) is 19.3 Å². The van der Waals surface area contributed by atoms with Crippen LogP contribution in [0.1, 0.15) is 10.4 Å². The van der Waals surface area contributed by atoms with Gasteiger partial charge in [-0.1, -0.05) is 53.1 Å². The molecule has 1 amide bonds. The summed E-state index contributed by atoms with van der Waals surface area (Å²) in [6, 6.07) is 15.1. The minimum absolute atomic E-state index is 0.235. The van der Waals surface area contributed by atoms with E-state index < -0.39 is 5.91 Å². The SMILES string of the molecule is Cn1nnnc1NC(=O)c1cc2cccnc2c(-c2ccccc2)c1Cl. The van der Waals surface area contributed by atoms with Crippen LogP contribution in [0.2, 0.25) is 5.02 Å². The van der Waals surface area contributed by atoms with E-state index in [0.29, 0.717) is 16.1 Å². The fraction of sp³-hybridized carbons (Fsp3) is 0.0556. The highest BCUT2D eigenvalue weighted by Gasteiger charge is 2.20. The third-order valence-corrected chi connectivity index (χ3v) is 4.38. The molecule has 2 aromatic carbocycles. The number of aryl methyl sites for hydroxylation is 1. The van der Waals surface area contributed by atoms with Crippen LogP contribution in [0.4, 0.5) is 5.95 Å². The highest BCUT2D eigenvalue weighted by atomic mass is 35.5. The maximum absolute atomic E-state index is 12.8. The number of nitrogens with zero attached hydrogens (tertiary/aromatic N) is 5. The Kier molecular flexibility index (Phi) is 4.06. The van der Waals surface area contributed by atoms with Crippen LogP contribution in [0.15, 0.2) is 54.7 Å². The van der Waals surface area contributed by atoms with Gasteiger partial charge in [0.1, 0.15) is 0 Å². The molecular weight excluding hydrogens is 352 g/mol. The number of anilines is 1. The Balaban J connectivity index is 1.90. The monoisotopic (exact) mass is 364 g/mol. The second kappa shape index (κ2) is 6.53. The van der Waals surface area contributed by atoms with E-state index in [1.807, 2.05) is 42.5 Å². The van der Waals surface area contributed by atoms with Gasteiger partial charge in [0.2, 0.25) is 5.95 Å². The predicted molar refractivity (Wildman–Crippen MR) is 98.9 cm³/mol. The maximum Gasteiger partial charge on any atom is 0.259 e. The maximum atomic E-state index is 12.8. The van der Waals surface area contributed by atoms with Crippen molar-refractivity contribution < 1.29 is 4.79 Å².